The maximum absolute atomic E-state index is 6.66. The Morgan fingerprint density at radius 2 is 1.48 bits per heavy atom. The minimum atomic E-state index is -0.171. The van der Waals surface area contributed by atoms with Crippen molar-refractivity contribution < 1.29 is 8.98 Å². The largest absolute Gasteiger partial charge is 0.456 e. The standard InChI is InChI=1S/C40H44NO/c1-21(2)32-34(22(3)4)40(35(32)23(5)6)28-17-16-27-36(39(8,9)37-26-12-10-11-13-31(26)42-38(27)37)33(28)30-19-15-25-20-24(7)14-18-29(25)41(30)40/h10-23,32,34-35H,1-9H3/q+1. The summed E-state index contributed by atoms with van der Waals surface area (Å²) in [6.07, 6.45) is 0. The molecule has 2 heteroatoms. The maximum atomic E-state index is 6.66. The molecule has 2 aromatic heterocycles. The van der Waals surface area contributed by atoms with Crippen LogP contribution >= 0.6 is 0 Å². The second kappa shape index (κ2) is 8.37. The Balaban J connectivity index is 1.53. The van der Waals surface area contributed by atoms with Crippen LogP contribution in [0, 0.1) is 42.4 Å². The predicted molar refractivity (Wildman–Crippen MR) is 174 cm³/mol. The molecule has 0 bridgehead atoms. The third-order valence-electron chi connectivity index (χ3n) is 11.5. The van der Waals surface area contributed by atoms with Gasteiger partial charge in [-0.15, -0.1) is 0 Å². The van der Waals surface area contributed by atoms with Crippen molar-refractivity contribution in [1.82, 2.24) is 0 Å². The van der Waals surface area contributed by atoms with E-state index in [1.807, 2.05) is 0 Å². The molecule has 1 fully saturated rings. The minimum absolute atomic E-state index is 0.0758. The van der Waals surface area contributed by atoms with Gasteiger partial charge in [-0.1, -0.05) is 97.4 Å². The van der Waals surface area contributed by atoms with Crippen molar-refractivity contribution >= 4 is 21.9 Å². The molecule has 3 aromatic carbocycles. The summed E-state index contributed by atoms with van der Waals surface area (Å²) in [4.78, 5) is 0. The summed E-state index contributed by atoms with van der Waals surface area (Å²) < 4.78 is 9.50. The number of rotatable bonds is 3. The van der Waals surface area contributed by atoms with E-state index in [9.17, 15) is 0 Å². The number of pyridine rings is 1. The van der Waals surface area contributed by atoms with Crippen molar-refractivity contribution in [2.45, 2.75) is 73.3 Å². The zero-order valence-corrected chi connectivity index (χ0v) is 26.7. The van der Waals surface area contributed by atoms with Crippen molar-refractivity contribution in [1.29, 1.82) is 0 Å². The van der Waals surface area contributed by atoms with Crippen LogP contribution in [0.1, 0.15) is 77.6 Å². The third kappa shape index (κ3) is 2.90. The molecule has 1 aliphatic heterocycles. The highest BCUT2D eigenvalue weighted by Gasteiger charge is 2.75. The van der Waals surface area contributed by atoms with E-state index in [1.54, 1.807) is 5.56 Å². The molecular weight excluding hydrogens is 510 g/mol. The van der Waals surface area contributed by atoms with E-state index in [4.69, 9.17) is 4.42 Å². The minimum Gasteiger partial charge on any atom is -0.456 e. The molecule has 0 amide bonds. The number of furan rings is 1. The van der Waals surface area contributed by atoms with Gasteiger partial charge >= 0.3 is 0 Å². The summed E-state index contributed by atoms with van der Waals surface area (Å²) in [5, 5.41) is 2.60. The highest BCUT2D eigenvalue weighted by molar-refractivity contribution is 5.98. The van der Waals surface area contributed by atoms with Gasteiger partial charge < -0.3 is 4.42 Å². The van der Waals surface area contributed by atoms with Crippen molar-refractivity contribution in [2.75, 3.05) is 0 Å². The molecular formula is C40H44NO+. The lowest BCUT2D eigenvalue weighted by atomic mass is 9.41. The van der Waals surface area contributed by atoms with Gasteiger partial charge in [-0.2, -0.15) is 4.57 Å². The molecule has 3 heterocycles. The normalized spacial score (nSPS) is 25.0. The fourth-order valence-corrected chi connectivity index (χ4v) is 10.4. The summed E-state index contributed by atoms with van der Waals surface area (Å²) >= 11 is 0. The first-order chi connectivity index (χ1) is 20.0. The van der Waals surface area contributed by atoms with Crippen LogP contribution in [-0.2, 0) is 11.0 Å². The van der Waals surface area contributed by atoms with E-state index >= 15 is 0 Å². The fraction of sp³-hybridized carbons (Fsp3) is 0.425. The molecule has 2 aliphatic carbocycles. The van der Waals surface area contributed by atoms with Gasteiger partial charge in [-0.05, 0) is 54.4 Å². The molecule has 0 radical (unpaired) electrons. The molecule has 2 unspecified atom stereocenters. The lowest BCUT2D eigenvalue weighted by Gasteiger charge is -2.61. The number of hydrogen-bond acceptors (Lipinski definition) is 1. The Morgan fingerprint density at radius 1 is 0.762 bits per heavy atom. The molecule has 5 aromatic rings. The summed E-state index contributed by atoms with van der Waals surface area (Å²) in [5.41, 5.74) is 11.9. The lowest BCUT2D eigenvalue weighted by Crippen LogP contribution is -2.77. The van der Waals surface area contributed by atoms with E-state index in [2.05, 4.69) is 134 Å². The van der Waals surface area contributed by atoms with Crippen molar-refractivity contribution in [3.63, 3.8) is 0 Å². The van der Waals surface area contributed by atoms with Gasteiger partial charge in [0.1, 0.15) is 11.3 Å². The first kappa shape index (κ1) is 26.3. The first-order valence-corrected chi connectivity index (χ1v) is 16.2. The first-order valence-electron chi connectivity index (χ1n) is 16.2. The Kier molecular flexibility index (Phi) is 5.23. The molecule has 2 nitrogen and oxygen atoms in total. The van der Waals surface area contributed by atoms with E-state index in [0.717, 1.165) is 11.3 Å². The number of aromatic nitrogens is 1. The van der Waals surface area contributed by atoms with Crippen molar-refractivity contribution in [2.24, 2.45) is 35.5 Å². The molecule has 0 saturated heterocycles. The number of nitrogens with zero attached hydrogens (tertiary/aromatic N) is 1. The van der Waals surface area contributed by atoms with Gasteiger partial charge in [0, 0.05) is 56.8 Å². The third-order valence-corrected chi connectivity index (χ3v) is 11.5. The molecule has 1 saturated carbocycles. The topological polar surface area (TPSA) is 17.0 Å². The summed E-state index contributed by atoms with van der Waals surface area (Å²) in [5.74, 6) is 4.64. The maximum Gasteiger partial charge on any atom is 0.214 e. The molecule has 2 atom stereocenters. The quantitative estimate of drug-likeness (QED) is 0.203. The van der Waals surface area contributed by atoms with Crippen LogP contribution in [0.15, 0.2) is 71.1 Å². The van der Waals surface area contributed by atoms with Crippen LogP contribution in [0.5, 0.6) is 0 Å². The summed E-state index contributed by atoms with van der Waals surface area (Å²) in [6, 6.07) is 25.4. The number of benzene rings is 3. The molecule has 214 valence electrons. The van der Waals surface area contributed by atoms with Crippen LogP contribution in [0.3, 0.4) is 0 Å². The monoisotopic (exact) mass is 554 g/mol. The van der Waals surface area contributed by atoms with Gasteiger partial charge in [-0.3, -0.25) is 0 Å². The Hall–Kier alpha value is -3.39. The van der Waals surface area contributed by atoms with E-state index in [-0.39, 0.29) is 11.0 Å². The fourth-order valence-electron chi connectivity index (χ4n) is 10.4. The predicted octanol–water partition coefficient (Wildman–Crippen LogP) is 10.0. The number of fused-ring (bicyclic) bond motifs is 13. The van der Waals surface area contributed by atoms with Crippen LogP contribution in [0.25, 0.3) is 44.5 Å². The Labute approximate surface area is 250 Å². The van der Waals surface area contributed by atoms with Gasteiger partial charge in [0.25, 0.3) is 0 Å². The average molecular weight is 555 g/mol. The van der Waals surface area contributed by atoms with Gasteiger partial charge in [0.2, 0.25) is 16.7 Å². The summed E-state index contributed by atoms with van der Waals surface area (Å²) in [6.45, 7) is 21.9. The van der Waals surface area contributed by atoms with E-state index < -0.39 is 0 Å². The Bertz CT molecular complexity index is 1920. The van der Waals surface area contributed by atoms with E-state index in [0.29, 0.717) is 35.5 Å². The second-order valence-electron chi connectivity index (χ2n) is 15.1. The lowest BCUT2D eigenvalue weighted by molar-refractivity contribution is -0.757. The summed E-state index contributed by atoms with van der Waals surface area (Å²) in [7, 11) is 0. The Morgan fingerprint density at radius 3 is 2.17 bits per heavy atom. The van der Waals surface area contributed by atoms with Gasteiger partial charge in [0.15, 0.2) is 0 Å². The van der Waals surface area contributed by atoms with Gasteiger partial charge in [-0.25, -0.2) is 0 Å². The molecule has 0 N–H and O–H groups in total. The molecule has 8 rings (SSSR count). The highest BCUT2D eigenvalue weighted by atomic mass is 16.3. The molecule has 3 aliphatic rings. The van der Waals surface area contributed by atoms with Gasteiger partial charge in [0.05, 0.1) is 5.56 Å². The van der Waals surface area contributed by atoms with Crippen molar-refractivity contribution in [3.8, 4) is 22.6 Å². The van der Waals surface area contributed by atoms with Crippen molar-refractivity contribution in [3.05, 3.63) is 89.0 Å². The number of para-hydroxylation sites is 1. The van der Waals surface area contributed by atoms with Crippen LogP contribution in [-0.4, -0.2) is 0 Å². The SMILES string of the molecule is Cc1ccc2c(ccc3[n+]2C2(c4ccc5c(c4-3)C(C)(C)c3c-5oc4ccccc34)C(C(C)C)C(C(C)C)C2C(C)C)c1. The second-order valence-corrected chi connectivity index (χ2v) is 15.1. The average Bonchev–Trinajstić information content (AvgIpc) is 3.52. The molecule has 42 heavy (non-hydrogen) atoms. The number of aryl methyl sites for hydroxylation is 1. The molecule has 1 spiro atoms. The van der Waals surface area contributed by atoms with Crippen LogP contribution in [0.4, 0.5) is 0 Å². The smallest absolute Gasteiger partial charge is 0.214 e. The van der Waals surface area contributed by atoms with Crippen LogP contribution in [0.2, 0.25) is 0 Å². The zero-order chi connectivity index (χ0) is 29.5. The number of hydrogen-bond donors (Lipinski definition) is 0. The zero-order valence-electron chi connectivity index (χ0n) is 26.7. The van der Waals surface area contributed by atoms with Crippen LogP contribution < -0.4 is 4.57 Å². The highest BCUT2D eigenvalue weighted by Crippen LogP contribution is 2.68. The van der Waals surface area contributed by atoms with E-state index in [1.165, 1.54) is 49.8 Å².